The lowest BCUT2D eigenvalue weighted by Gasteiger charge is -2.11. The average Bonchev–Trinajstić information content (AvgIpc) is 2.60. The molecule has 0 fully saturated rings. The van der Waals surface area contributed by atoms with Gasteiger partial charge in [0.25, 0.3) is 0 Å². The number of aromatic nitrogens is 1. The van der Waals surface area contributed by atoms with Crippen molar-refractivity contribution in [3.05, 3.63) is 35.0 Å². The Hall–Kier alpha value is -1.79. The van der Waals surface area contributed by atoms with Crippen molar-refractivity contribution in [3.8, 4) is 6.07 Å². The van der Waals surface area contributed by atoms with E-state index in [0.717, 1.165) is 37.0 Å². The molecule has 1 aromatic carbocycles. The first-order valence-corrected chi connectivity index (χ1v) is 6.00. The molecule has 1 aromatic heterocycles. The van der Waals surface area contributed by atoms with Gasteiger partial charge >= 0.3 is 0 Å². The summed E-state index contributed by atoms with van der Waals surface area (Å²) in [6.45, 7) is 2.21. The number of likely N-dealkylation sites (N-methyl/N-ethyl adjacent to an activating group) is 1. The van der Waals surface area contributed by atoms with Crippen LogP contribution in [0.3, 0.4) is 0 Å². The third kappa shape index (κ3) is 1.71. The standard InChI is InChI=1S/C14H15N3/c1-17-6-4-12-11-3-2-10(9-15)8-14(11)16-13(12)5-7-17/h2-3,8,16H,4-7H2,1H3. The van der Waals surface area contributed by atoms with Crippen molar-refractivity contribution in [2.75, 3.05) is 20.1 Å². The molecule has 3 heteroatoms. The van der Waals surface area contributed by atoms with E-state index in [9.17, 15) is 0 Å². The highest BCUT2D eigenvalue weighted by Crippen LogP contribution is 2.26. The van der Waals surface area contributed by atoms with E-state index in [1.165, 1.54) is 16.6 Å². The van der Waals surface area contributed by atoms with Gasteiger partial charge in [0, 0.05) is 36.1 Å². The molecule has 1 aliphatic heterocycles. The first-order valence-electron chi connectivity index (χ1n) is 6.00. The Kier molecular flexibility index (Phi) is 2.38. The molecule has 1 N–H and O–H groups in total. The number of fused-ring (bicyclic) bond motifs is 3. The normalized spacial score (nSPS) is 16.5. The van der Waals surface area contributed by atoms with Gasteiger partial charge in [0.15, 0.2) is 0 Å². The van der Waals surface area contributed by atoms with E-state index in [0.29, 0.717) is 0 Å². The van der Waals surface area contributed by atoms with Crippen molar-refractivity contribution in [2.45, 2.75) is 12.8 Å². The van der Waals surface area contributed by atoms with E-state index in [1.54, 1.807) is 0 Å². The van der Waals surface area contributed by atoms with Gasteiger partial charge < -0.3 is 9.88 Å². The van der Waals surface area contributed by atoms with Crippen LogP contribution in [0.2, 0.25) is 0 Å². The lowest BCUT2D eigenvalue weighted by Crippen LogP contribution is -2.21. The Morgan fingerprint density at radius 3 is 2.94 bits per heavy atom. The molecule has 3 rings (SSSR count). The zero-order valence-electron chi connectivity index (χ0n) is 9.95. The van der Waals surface area contributed by atoms with E-state index in [2.05, 4.69) is 29.1 Å². The minimum atomic E-state index is 0.728. The SMILES string of the molecule is CN1CCc2[nH]c3cc(C#N)ccc3c2CC1. The Morgan fingerprint density at radius 2 is 2.12 bits per heavy atom. The highest BCUT2D eigenvalue weighted by atomic mass is 15.1. The lowest BCUT2D eigenvalue weighted by atomic mass is 10.1. The molecule has 0 radical (unpaired) electrons. The number of benzene rings is 1. The molecule has 0 aliphatic carbocycles. The summed E-state index contributed by atoms with van der Waals surface area (Å²) >= 11 is 0. The van der Waals surface area contributed by atoms with Gasteiger partial charge in [0.2, 0.25) is 0 Å². The fraction of sp³-hybridized carbons (Fsp3) is 0.357. The maximum absolute atomic E-state index is 8.91. The van der Waals surface area contributed by atoms with Crippen molar-refractivity contribution in [3.63, 3.8) is 0 Å². The lowest BCUT2D eigenvalue weighted by molar-refractivity contribution is 0.352. The Balaban J connectivity index is 2.14. The summed E-state index contributed by atoms with van der Waals surface area (Å²) in [5, 5.41) is 10.2. The molecule has 17 heavy (non-hydrogen) atoms. The van der Waals surface area contributed by atoms with E-state index < -0.39 is 0 Å². The first kappa shape index (κ1) is 10.4. The van der Waals surface area contributed by atoms with Crippen molar-refractivity contribution in [1.29, 1.82) is 5.26 Å². The number of rotatable bonds is 0. The smallest absolute Gasteiger partial charge is 0.0992 e. The molecule has 0 saturated carbocycles. The van der Waals surface area contributed by atoms with Crippen LogP contribution in [0.1, 0.15) is 16.8 Å². The minimum Gasteiger partial charge on any atom is -0.358 e. The predicted octanol–water partition coefficient (Wildman–Crippen LogP) is 2.07. The third-order valence-corrected chi connectivity index (χ3v) is 3.61. The van der Waals surface area contributed by atoms with Gasteiger partial charge in [-0.15, -0.1) is 0 Å². The van der Waals surface area contributed by atoms with Gasteiger partial charge in [0.05, 0.1) is 11.6 Å². The second-order valence-electron chi connectivity index (χ2n) is 4.76. The van der Waals surface area contributed by atoms with Crippen LogP contribution in [0.15, 0.2) is 18.2 Å². The summed E-state index contributed by atoms with van der Waals surface area (Å²) in [6.07, 6.45) is 2.17. The summed E-state index contributed by atoms with van der Waals surface area (Å²) in [4.78, 5) is 5.84. The van der Waals surface area contributed by atoms with Gasteiger partial charge in [-0.1, -0.05) is 6.07 Å². The number of nitrogens with one attached hydrogen (secondary N) is 1. The quantitative estimate of drug-likeness (QED) is 0.745. The molecular formula is C14H15N3. The van der Waals surface area contributed by atoms with Gasteiger partial charge in [0.1, 0.15) is 0 Å². The highest BCUT2D eigenvalue weighted by molar-refractivity contribution is 5.86. The van der Waals surface area contributed by atoms with Crippen molar-refractivity contribution in [1.82, 2.24) is 9.88 Å². The monoisotopic (exact) mass is 225 g/mol. The summed E-state index contributed by atoms with van der Waals surface area (Å²) in [7, 11) is 2.17. The zero-order valence-corrected chi connectivity index (χ0v) is 9.95. The number of hydrogen-bond acceptors (Lipinski definition) is 2. The Labute approximate surface area is 101 Å². The van der Waals surface area contributed by atoms with Gasteiger partial charge in [-0.05, 0) is 31.2 Å². The van der Waals surface area contributed by atoms with Gasteiger partial charge in [-0.2, -0.15) is 5.26 Å². The second-order valence-corrected chi connectivity index (χ2v) is 4.76. The highest BCUT2D eigenvalue weighted by Gasteiger charge is 2.16. The fourth-order valence-electron chi connectivity index (χ4n) is 2.60. The molecule has 0 saturated heterocycles. The fourth-order valence-corrected chi connectivity index (χ4v) is 2.60. The van der Waals surface area contributed by atoms with Crippen LogP contribution in [0, 0.1) is 11.3 Å². The summed E-state index contributed by atoms with van der Waals surface area (Å²) in [5.41, 5.74) is 4.62. The van der Waals surface area contributed by atoms with Crippen LogP contribution in [0.5, 0.6) is 0 Å². The van der Waals surface area contributed by atoms with Crippen LogP contribution in [0.4, 0.5) is 0 Å². The second kappa shape index (κ2) is 3.90. The molecule has 2 heterocycles. The summed E-state index contributed by atoms with van der Waals surface area (Å²) < 4.78 is 0. The van der Waals surface area contributed by atoms with Crippen LogP contribution in [0.25, 0.3) is 10.9 Å². The van der Waals surface area contributed by atoms with E-state index in [-0.39, 0.29) is 0 Å². The number of nitriles is 1. The van der Waals surface area contributed by atoms with Crippen LogP contribution in [-0.4, -0.2) is 30.0 Å². The van der Waals surface area contributed by atoms with Crippen molar-refractivity contribution < 1.29 is 0 Å². The molecule has 1 aliphatic rings. The first-order chi connectivity index (χ1) is 8.28. The Bertz CT molecular complexity index is 604. The topological polar surface area (TPSA) is 42.8 Å². The minimum absolute atomic E-state index is 0.728. The largest absolute Gasteiger partial charge is 0.358 e. The van der Waals surface area contributed by atoms with Gasteiger partial charge in [-0.3, -0.25) is 0 Å². The molecule has 0 spiro atoms. The maximum atomic E-state index is 8.91. The summed E-state index contributed by atoms with van der Waals surface area (Å²) in [6, 6.07) is 8.13. The van der Waals surface area contributed by atoms with Crippen molar-refractivity contribution in [2.24, 2.45) is 0 Å². The van der Waals surface area contributed by atoms with Gasteiger partial charge in [-0.25, -0.2) is 0 Å². The van der Waals surface area contributed by atoms with E-state index >= 15 is 0 Å². The summed E-state index contributed by atoms with van der Waals surface area (Å²) in [5.74, 6) is 0. The molecule has 86 valence electrons. The predicted molar refractivity (Wildman–Crippen MR) is 67.9 cm³/mol. The van der Waals surface area contributed by atoms with Crippen molar-refractivity contribution >= 4 is 10.9 Å². The Morgan fingerprint density at radius 1 is 1.29 bits per heavy atom. The number of aromatic amines is 1. The molecule has 0 amide bonds. The maximum Gasteiger partial charge on any atom is 0.0992 e. The molecule has 3 nitrogen and oxygen atoms in total. The molecular weight excluding hydrogens is 210 g/mol. The molecule has 0 atom stereocenters. The number of nitrogens with zero attached hydrogens (tertiary/aromatic N) is 2. The zero-order chi connectivity index (χ0) is 11.8. The number of H-pyrrole nitrogens is 1. The van der Waals surface area contributed by atoms with E-state index in [1.807, 2.05) is 12.1 Å². The van der Waals surface area contributed by atoms with E-state index in [4.69, 9.17) is 5.26 Å². The third-order valence-electron chi connectivity index (χ3n) is 3.61. The van der Waals surface area contributed by atoms with Crippen LogP contribution < -0.4 is 0 Å². The molecule has 0 unspecified atom stereocenters. The number of hydrogen-bond donors (Lipinski definition) is 1. The molecule has 0 bridgehead atoms. The molecule has 2 aromatic rings. The van der Waals surface area contributed by atoms with Crippen LogP contribution >= 0.6 is 0 Å². The van der Waals surface area contributed by atoms with Crippen LogP contribution in [-0.2, 0) is 12.8 Å². The average molecular weight is 225 g/mol.